The summed E-state index contributed by atoms with van der Waals surface area (Å²) in [5.74, 6) is 2.89. The first-order valence-electron chi connectivity index (χ1n) is 8.79. The predicted molar refractivity (Wildman–Crippen MR) is 105 cm³/mol. The standard InChI is InChI=1S/C22H20N2O3/c1-25-18-10-7-16(8-11-18)9-12-22-23-13-19(24-22)21-15-26-20(14-27-21)17-5-3-2-4-6-17/h2-3,5,7-15H,4,6H2,1H3,(H,23,24). The summed E-state index contributed by atoms with van der Waals surface area (Å²) in [6.45, 7) is 0. The van der Waals surface area contributed by atoms with E-state index < -0.39 is 0 Å². The molecule has 0 amide bonds. The van der Waals surface area contributed by atoms with E-state index in [4.69, 9.17) is 14.2 Å². The molecule has 0 spiro atoms. The minimum atomic E-state index is 0.575. The zero-order chi connectivity index (χ0) is 18.5. The van der Waals surface area contributed by atoms with Gasteiger partial charge in [0.25, 0.3) is 0 Å². The first-order valence-corrected chi connectivity index (χ1v) is 8.79. The van der Waals surface area contributed by atoms with Crippen LogP contribution in [0.5, 0.6) is 5.75 Å². The second kappa shape index (κ2) is 7.83. The van der Waals surface area contributed by atoms with Crippen molar-refractivity contribution in [2.45, 2.75) is 12.8 Å². The van der Waals surface area contributed by atoms with Crippen LogP contribution in [0, 0.1) is 0 Å². The van der Waals surface area contributed by atoms with Gasteiger partial charge in [-0.25, -0.2) is 4.98 Å². The Hall–Kier alpha value is -3.47. The number of nitrogens with zero attached hydrogens (tertiary/aromatic N) is 1. The molecule has 0 saturated carbocycles. The maximum atomic E-state index is 5.73. The number of hydrogen-bond donors (Lipinski definition) is 1. The normalized spacial score (nSPS) is 16.3. The highest BCUT2D eigenvalue weighted by Crippen LogP contribution is 2.28. The highest BCUT2D eigenvalue weighted by Gasteiger charge is 2.16. The first kappa shape index (κ1) is 17.0. The van der Waals surface area contributed by atoms with Gasteiger partial charge in [-0.1, -0.05) is 36.4 Å². The molecule has 5 heteroatoms. The number of benzene rings is 1. The Bertz CT molecular complexity index is 960. The van der Waals surface area contributed by atoms with Gasteiger partial charge in [0.15, 0.2) is 11.5 Å². The lowest BCUT2D eigenvalue weighted by atomic mass is 10.0. The predicted octanol–water partition coefficient (Wildman–Crippen LogP) is 5.05. The maximum Gasteiger partial charge on any atom is 0.188 e. The molecule has 0 bridgehead atoms. The number of hydrogen-bond acceptors (Lipinski definition) is 4. The third kappa shape index (κ3) is 4.03. The number of rotatable bonds is 5. The first-order chi connectivity index (χ1) is 13.3. The Morgan fingerprint density at radius 1 is 1.07 bits per heavy atom. The van der Waals surface area contributed by atoms with Crippen LogP contribution in [0.15, 0.2) is 72.5 Å². The van der Waals surface area contributed by atoms with Crippen LogP contribution in [0.25, 0.3) is 17.9 Å². The number of nitrogens with one attached hydrogen (secondary N) is 1. The van der Waals surface area contributed by atoms with Gasteiger partial charge in [0.05, 0.1) is 7.11 Å². The second-order valence-electron chi connectivity index (χ2n) is 6.14. The van der Waals surface area contributed by atoms with Crippen LogP contribution in [-0.2, 0) is 9.47 Å². The van der Waals surface area contributed by atoms with E-state index in [9.17, 15) is 0 Å². The number of aromatic amines is 1. The SMILES string of the molecule is COc1ccc(C=Cc2nc(C3=COC(C4=CC=CCC4)=CO3)c[nH]2)cc1. The molecule has 136 valence electrons. The van der Waals surface area contributed by atoms with Gasteiger partial charge < -0.3 is 19.2 Å². The molecular formula is C22H20N2O3. The minimum absolute atomic E-state index is 0.575. The van der Waals surface area contributed by atoms with E-state index in [1.54, 1.807) is 25.8 Å². The molecule has 1 aliphatic heterocycles. The average Bonchev–Trinajstić information content (AvgIpc) is 3.22. The van der Waals surface area contributed by atoms with Crippen molar-refractivity contribution in [1.82, 2.24) is 9.97 Å². The number of ether oxygens (including phenoxy) is 3. The molecule has 2 aliphatic rings. The van der Waals surface area contributed by atoms with Gasteiger partial charge in [-0.15, -0.1) is 0 Å². The fourth-order valence-electron chi connectivity index (χ4n) is 2.81. The topological polar surface area (TPSA) is 56.4 Å². The van der Waals surface area contributed by atoms with Crippen molar-refractivity contribution >= 4 is 17.9 Å². The second-order valence-corrected chi connectivity index (χ2v) is 6.14. The van der Waals surface area contributed by atoms with Crippen molar-refractivity contribution in [3.63, 3.8) is 0 Å². The third-order valence-corrected chi connectivity index (χ3v) is 4.32. The molecule has 0 radical (unpaired) electrons. The van der Waals surface area contributed by atoms with Gasteiger partial charge in [0, 0.05) is 6.20 Å². The lowest BCUT2D eigenvalue weighted by Crippen LogP contribution is -2.02. The smallest absolute Gasteiger partial charge is 0.188 e. The van der Waals surface area contributed by atoms with Gasteiger partial charge in [-0.2, -0.15) is 0 Å². The van der Waals surface area contributed by atoms with Crippen LogP contribution >= 0.6 is 0 Å². The summed E-state index contributed by atoms with van der Waals surface area (Å²) >= 11 is 0. The minimum Gasteiger partial charge on any atom is -0.497 e. The van der Waals surface area contributed by atoms with Crippen molar-refractivity contribution in [2.75, 3.05) is 7.11 Å². The molecule has 1 aliphatic carbocycles. The summed E-state index contributed by atoms with van der Waals surface area (Å²) in [7, 11) is 1.66. The molecule has 2 aromatic rings. The molecular weight excluding hydrogens is 340 g/mol. The molecule has 0 unspecified atom stereocenters. The Kier molecular flexibility index (Phi) is 4.92. The van der Waals surface area contributed by atoms with E-state index in [0.29, 0.717) is 11.5 Å². The summed E-state index contributed by atoms with van der Waals surface area (Å²) in [4.78, 5) is 7.66. The fraction of sp³-hybridized carbons (Fsp3) is 0.136. The lowest BCUT2D eigenvalue weighted by molar-refractivity contribution is 0.280. The molecule has 1 aromatic carbocycles. The Morgan fingerprint density at radius 2 is 1.89 bits per heavy atom. The van der Waals surface area contributed by atoms with Crippen LogP contribution in [0.4, 0.5) is 0 Å². The van der Waals surface area contributed by atoms with E-state index in [-0.39, 0.29) is 0 Å². The number of methoxy groups -OCH3 is 1. The van der Waals surface area contributed by atoms with Crippen LogP contribution in [0.2, 0.25) is 0 Å². The van der Waals surface area contributed by atoms with Crippen LogP contribution < -0.4 is 4.74 Å². The highest BCUT2D eigenvalue weighted by atomic mass is 16.5. The van der Waals surface area contributed by atoms with E-state index in [0.717, 1.165) is 41.3 Å². The largest absolute Gasteiger partial charge is 0.497 e. The zero-order valence-electron chi connectivity index (χ0n) is 15.0. The fourth-order valence-corrected chi connectivity index (χ4v) is 2.81. The van der Waals surface area contributed by atoms with E-state index >= 15 is 0 Å². The average molecular weight is 360 g/mol. The van der Waals surface area contributed by atoms with Gasteiger partial charge in [-0.3, -0.25) is 0 Å². The Labute approximate surface area is 158 Å². The quantitative estimate of drug-likeness (QED) is 0.810. The number of allylic oxidation sites excluding steroid dienone is 4. The molecule has 1 N–H and O–H groups in total. The van der Waals surface area contributed by atoms with Crippen LogP contribution in [-0.4, -0.2) is 17.1 Å². The zero-order valence-corrected chi connectivity index (χ0v) is 15.0. The molecule has 5 nitrogen and oxygen atoms in total. The Morgan fingerprint density at radius 3 is 2.59 bits per heavy atom. The van der Waals surface area contributed by atoms with Crippen molar-refractivity contribution in [2.24, 2.45) is 0 Å². The van der Waals surface area contributed by atoms with Crippen molar-refractivity contribution in [3.05, 3.63) is 89.6 Å². The third-order valence-electron chi connectivity index (χ3n) is 4.32. The highest BCUT2D eigenvalue weighted by molar-refractivity contribution is 5.68. The summed E-state index contributed by atoms with van der Waals surface area (Å²) in [5, 5.41) is 0. The van der Waals surface area contributed by atoms with Crippen LogP contribution in [0.3, 0.4) is 0 Å². The molecule has 4 rings (SSSR count). The van der Waals surface area contributed by atoms with E-state index in [1.165, 1.54) is 0 Å². The van der Waals surface area contributed by atoms with Crippen molar-refractivity contribution in [3.8, 4) is 5.75 Å². The molecule has 0 fully saturated rings. The van der Waals surface area contributed by atoms with Crippen molar-refractivity contribution in [1.29, 1.82) is 0 Å². The number of aromatic nitrogens is 2. The summed E-state index contributed by atoms with van der Waals surface area (Å²) < 4.78 is 16.6. The van der Waals surface area contributed by atoms with Gasteiger partial charge in [0.1, 0.15) is 29.8 Å². The van der Waals surface area contributed by atoms with E-state index in [1.807, 2.05) is 48.6 Å². The molecule has 2 heterocycles. The maximum absolute atomic E-state index is 5.73. The molecule has 0 saturated heterocycles. The summed E-state index contributed by atoms with van der Waals surface area (Å²) in [6, 6.07) is 7.82. The number of imidazole rings is 1. The van der Waals surface area contributed by atoms with Crippen molar-refractivity contribution < 1.29 is 14.2 Å². The Balaban J connectivity index is 1.41. The summed E-state index contributed by atoms with van der Waals surface area (Å²) in [6.07, 6.45) is 17.1. The molecule has 27 heavy (non-hydrogen) atoms. The monoisotopic (exact) mass is 360 g/mol. The van der Waals surface area contributed by atoms with Gasteiger partial charge in [-0.05, 0) is 42.2 Å². The lowest BCUT2D eigenvalue weighted by Gasteiger charge is -2.17. The number of H-pyrrole nitrogens is 1. The van der Waals surface area contributed by atoms with E-state index in [2.05, 4.69) is 16.0 Å². The van der Waals surface area contributed by atoms with Crippen LogP contribution in [0.1, 0.15) is 29.9 Å². The molecule has 1 aromatic heterocycles. The summed E-state index contributed by atoms with van der Waals surface area (Å²) in [5.41, 5.74) is 2.89. The van der Waals surface area contributed by atoms with Gasteiger partial charge >= 0.3 is 0 Å². The van der Waals surface area contributed by atoms with Gasteiger partial charge in [0.2, 0.25) is 0 Å². The molecule has 0 atom stereocenters.